The van der Waals surface area contributed by atoms with E-state index >= 15 is 0 Å². The van der Waals surface area contributed by atoms with Crippen molar-refractivity contribution in [2.24, 2.45) is 0 Å². The lowest BCUT2D eigenvalue weighted by Crippen LogP contribution is -2.57. The Bertz CT molecular complexity index is 173. The first kappa shape index (κ1) is 11.7. The van der Waals surface area contributed by atoms with Gasteiger partial charge in [-0.25, -0.2) is 3.11 Å². The molecule has 0 unspecified atom stereocenters. The third kappa shape index (κ3) is 2.36. The van der Waals surface area contributed by atoms with Crippen molar-refractivity contribution in [3.63, 3.8) is 0 Å². The standard InChI is InChI=1S/C10H20INO/c1-9(2)6-8(13-5)7-10(3,4)12(9)11/h8H,6-7H2,1-5H3. The van der Waals surface area contributed by atoms with Crippen LogP contribution in [0.2, 0.25) is 0 Å². The van der Waals surface area contributed by atoms with Crippen molar-refractivity contribution in [1.29, 1.82) is 0 Å². The molecule has 1 heterocycles. The summed E-state index contributed by atoms with van der Waals surface area (Å²) >= 11 is 2.45. The molecule has 78 valence electrons. The van der Waals surface area contributed by atoms with Gasteiger partial charge in [-0.2, -0.15) is 0 Å². The largest absolute Gasteiger partial charge is 0.381 e. The highest BCUT2D eigenvalue weighted by molar-refractivity contribution is 14.1. The summed E-state index contributed by atoms with van der Waals surface area (Å²) < 4.78 is 7.92. The molecule has 3 heteroatoms. The van der Waals surface area contributed by atoms with Crippen LogP contribution < -0.4 is 0 Å². The molecular formula is C10H20INO. The summed E-state index contributed by atoms with van der Waals surface area (Å²) in [5.41, 5.74) is 0.478. The molecule has 0 bridgehead atoms. The summed E-state index contributed by atoms with van der Waals surface area (Å²) in [6, 6.07) is 0. The minimum absolute atomic E-state index is 0.239. The first-order chi connectivity index (χ1) is 5.79. The molecule has 1 aliphatic heterocycles. The fourth-order valence-corrected chi connectivity index (χ4v) is 2.73. The fourth-order valence-electron chi connectivity index (χ4n) is 2.33. The van der Waals surface area contributed by atoms with Crippen LogP contribution in [0, 0.1) is 0 Å². The first-order valence-electron chi connectivity index (χ1n) is 4.78. The van der Waals surface area contributed by atoms with Crippen LogP contribution in [0.1, 0.15) is 40.5 Å². The summed E-state index contributed by atoms with van der Waals surface area (Å²) in [6.45, 7) is 9.14. The molecule has 13 heavy (non-hydrogen) atoms. The Labute approximate surface area is 95.5 Å². The summed E-state index contributed by atoms with van der Waals surface area (Å²) in [5, 5.41) is 0. The molecule has 0 amide bonds. The average molecular weight is 297 g/mol. The zero-order chi connectivity index (χ0) is 10.3. The van der Waals surface area contributed by atoms with Gasteiger partial charge in [0, 0.05) is 41.1 Å². The maximum Gasteiger partial charge on any atom is 0.0606 e. The van der Waals surface area contributed by atoms with Crippen molar-refractivity contribution in [3.05, 3.63) is 0 Å². The molecule has 0 N–H and O–H groups in total. The molecule has 0 spiro atoms. The zero-order valence-corrected chi connectivity index (χ0v) is 11.4. The van der Waals surface area contributed by atoms with Gasteiger partial charge >= 0.3 is 0 Å². The van der Waals surface area contributed by atoms with Crippen LogP contribution in [0.3, 0.4) is 0 Å². The molecule has 2 nitrogen and oxygen atoms in total. The predicted molar refractivity (Wildman–Crippen MR) is 64.0 cm³/mol. The van der Waals surface area contributed by atoms with Crippen molar-refractivity contribution in [3.8, 4) is 0 Å². The maximum absolute atomic E-state index is 5.48. The lowest BCUT2D eigenvalue weighted by molar-refractivity contribution is -0.0318. The minimum Gasteiger partial charge on any atom is -0.381 e. The number of hydrogen-bond donors (Lipinski definition) is 0. The number of rotatable bonds is 1. The van der Waals surface area contributed by atoms with E-state index in [-0.39, 0.29) is 11.1 Å². The summed E-state index contributed by atoms with van der Waals surface area (Å²) in [7, 11) is 1.82. The van der Waals surface area contributed by atoms with Crippen molar-refractivity contribution in [2.75, 3.05) is 7.11 Å². The van der Waals surface area contributed by atoms with E-state index in [0.717, 1.165) is 12.8 Å². The second-order valence-corrected chi connectivity index (χ2v) is 6.14. The second-order valence-electron chi connectivity index (χ2n) is 5.17. The van der Waals surface area contributed by atoms with E-state index in [9.17, 15) is 0 Å². The highest BCUT2D eigenvalue weighted by atomic mass is 127. The molecule has 0 aromatic rings. The third-order valence-electron chi connectivity index (χ3n) is 2.85. The number of halogens is 1. The van der Waals surface area contributed by atoms with Gasteiger partial charge in [0.15, 0.2) is 0 Å². The molecular weight excluding hydrogens is 277 g/mol. The minimum atomic E-state index is 0.239. The molecule has 0 atom stereocenters. The van der Waals surface area contributed by atoms with Gasteiger partial charge in [0.2, 0.25) is 0 Å². The van der Waals surface area contributed by atoms with Crippen LogP contribution in [0.4, 0.5) is 0 Å². The smallest absolute Gasteiger partial charge is 0.0606 e. The Hall–Kier alpha value is 0.650. The average Bonchev–Trinajstić information content (AvgIpc) is 1.99. The SMILES string of the molecule is COC1CC(C)(C)N(I)C(C)(C)C1. The van der Waals surface area contributed by atoms with Crippen molar-refractivity contribution in [2.45, 2.75) is 57.7 Å². The van der Waals surface area contributed by atoms with Crippen molar-refractivity contribution in [1.82, 2.24) is 3.11 Å². The van der Waals surface area contributed by atoms with E-state index in [0.29, 0.717) is 6.10 Å². The van der Waals surface area contributed by atoms with E-state index in [1.54, 1.807) is 0 Å². The number of piperidine rings is 1. The number of hydrogen-bond acceptors (Lipinski definition) is 2. The summed E-state index contributed by atoms with van der Waals surface area (Å²) in [6.07, 6.45) is 2.65. The van der Waals surface area contributed by atoms with Crippen LogP contribution in [0.25, 0.3) is 0 Å². The van der Waals surface area contributed by atoms with Gasteiger partial charge in [-0.3, -0.25) is 0 Å². The van der Waals surface area contributed by atoms with Crippen LogP contribution >= 0.6 is 22.9 Å². The monoisotopic (exact) mass is 297 g/mol. The molecule has 1 aliphatic rings. The van der Waals surface area contributed by atoms with Crippen molar-refractivity contribution < 1.29 is 4.74 Å². The lowest BCUT2D eigenvalue weighted by atomic mass is 9.81. The second kappa shape index (κ2) is 3.66. The highest BCUT2D eigenvalue weighted by Gasteiger charge is 2.44. The molecule has 0 aromatic heterocycles. The molecule has 0 aromatic carbocycles. The lowest BCUT2D eigenvalue weighted by Gasteiger charge is -2.51. The van der Waals surface area contributed by atoms with Gasteiger partial charge in [0.05, 0.1) is 6.10 Å². The van der Waals surface area contributed by atoms with Crippen LogP contribution in [0.5, 0.6) is 0 Å². The molecule has 0 saturated carbocycles. The number of methoxy groups -OCH3 is 1. The van der Waals surface area contributed by atoms with Gasteiger partial charge in [-0.15, -0.1) is 0 Å². The quantitative estimate of drug-likeness (QED) is 0.545. The number of nitrogens with zero attached hydrogens (tertiary/aromatic N) is 1. The van der Waals surface area contributed by atoms with E-state index in [4.69, 9.17) is 4.74 Å². The molecule has 1 fully saturated rings. The predicted octanol–water partition coefficient (Wildman–Crippen LogP) is 3.00. The van der Waals surface area contributed by atoms with Gasteiger partial charge in [0.1, 0.15) is 0 Å². The topological polar surface area (TPSA) is 12.5 Å². The molecule has 1 saturated heterocycles. The summed E-state index contributed by atoms with van der Waals surface area (Å²) in [5.74, 6) is 0. The van der Waals surface area contributed by atoms with Gasteiger partial charge in [0.25, 0.3) is 0 Å². The first-order valence-corrected chi connectivity index (χ1v) is 5.75. The Morgan fingerprint density at radius 1 is 1.15 bits per heavy atom. The van der Waals surface area contributed by atoms with E-state index in [1.807, 2.05) is 7.11 Å². The third-order valence-corrected chi connectivity index (χ3v) is 5.46. The normalized spacial score (nSPS) is 29.1. The van der Waals surface area contributed by atoms with Crippen molar-refractivity contribution >= 4 is 22.9 Å². The van der Waals surface area contributed by atoms with Gasteiger partial charge in [-0.05, 0) is 40.5 Å². The highest BCUT2D eigenvalue weighted by Crippen LogP contribution is 2.41. The Morgan fingerprint density at radius 3 is 1.85 bits per heavy atom. The Balaban J connectivity index is 2.82. The van der Waals surface area contributed by atoms with E-state index in [1.165, 1.54) is 0 Å². The van der Waals surface area contributed by atoms with Gasteiger partial charge in [-0.1, -0.05) is 0 Å². The molecule has 1 rings (SSSR count). The maximum atomic E-state index is 5.48. The van der Waals surface area contributed by atoms with Crippen LogP contribution in [-0.4, -0.2) is 27.4 Å². The van der Waals surface area contributed by atoms with Crippen LogP contribution in [-0.2, 0) is 4.74 Å². The fraction of sp³-hybridized carbons (Fsp3) is 1.00. The Kier molecular flexibility index (Phi) is 3.30. The van der Waals surface area contributed by atoms with E-state index in [2.05, 4.69) is 53.7 Å². The number of ether oxygens (including phenoxy) is 1. The molecule has 0 aliphatic carbocycles. The van der Waals surface area contributed by atoms with E-state index < -0.39 is 0 Å². The van der Waals surface area contributed by atoms with Gasteiger partial charge < -0.3 is 4.74 Å². The Morgan fingerprint density at radius 2 is 1.54 bits per heavy atom. The van der Waals surface area contributed by atoms with Crippen LogP contribution in [0.15, 0.2) is 0 Å². The summed E-state index contributed by atoms with van der Waals surface area (Å²) in [4.78, 5) is 0. The molecule has 0 radical (unpaired) electrons. The zero-order valence-electron chi connectivity index (χ0n) is 9.22.